The van der Waals surface area contributed by atoms with Gasteiger partial charge >= 0.3 is 53.8 Å². The van der Waals surface area contributed by atoms with E-state index in [0.29, 0.717) is 0 Å². The van der Waals surface area contributed by atoms with Crippen LogP contribution in [0.25, 0.3) is 0 Å². The Morgan fingerprint density at radius 2 is 1.83 bits per heavy atom. The summed E-state index contributed by atoms with van der Waals surface area (Å²) in [5.41, 5.74) is -0.678. The molecule has 0 heterocycles. The maximum absolute atomic E-state index is 7.87. The molecule has 2 N–H and O–H groups in total. The number of hydrogen-bond acceptors (Lipinski definition) is 1. The zero-order valence-electron chi connectivity index (χ0n) is 7.73. The Labute approximate surface area is 93.1 Å². The zero-order valence-corrected chi connectivity index (χ0v) is 13.3. The van der Waals surface area contributed by atoms with Crippen molar-refractivity contribution in [1.29, 1.82) is 0 Å². The summed E-state index contributed by atoms with van der Waals surface area (Å²) < 4.78 is 0. The number of thiol groups is 1. The summed E-state index contributed by atoms with van der Waals surface area (Å²) in [7, 11) is 0. The minimum Gasteiger partial charge on any atom is -0.338 e. The fraction of sp³-hybridized carbons (Fsp3) is 1.00. The molecule has 0 saturated carbocycles. The van der Waals surface area contributed by atoms with Gasteiger partial charge in [0.15, 0.2) is 0 Å². The molecule has 0 aliphatic carbocycles. The van der Waals surface area contributed by atoms with Crippen LogP contribution in [-0.4, -0.2) is 9.79 Å². The van der Waals surface area contributed by atoms with Crippen LogP contribution in [0.5, 0.6) is 0 Å². The number of unbranched alkanes of at least 4 members (excludes halogenated alkanes) is 2. The summed E-state index contributed by atoms with van der Waals surface area (Å²) in [4.78, 5) is 15.7. The molecular formula is C6H17O2PS2Zn. The predicted molar refractivity (Wildman–Crippen MR) is 57.9 cm³/mol. The molecule has 0 unspecified atom stereocenters. The Bertz CT molecular complexity index is 116. The van der Waals surface area contributed by atoms with Gasteiger partial charge in [0.05, 0.1) is 0 Å². The van der Waals surface area contributed by atoms with Crippen LogP contribution in [0, 0.1) is 0 Å². The Morgan fingerprint density at radius 1 is 1.42 bits per heavy atom. The minimum absolute atomic E-state index is 0.0551. The Morgan fingerprint density at radius 3 is 2.08 bits per heavy atom. The summed E-state index contributed by atoms with van der Waals surface area (Å²) in [6.45, 7) is 2.27. The Kier molecular flexibility index (Phi) is 14.2. The molecule has 0 aromatic rings. The molecule has 2 nitrogen and oxygen atoms in total. The first kappa shape index (κ1) is 16.0. The molecule has 0 rings (SSSR count). The van der Waals surface area contributed by atoms with E-state index in [0.717, 1.165) is 0 Å². The monoisotopic (exact) mass is 280 g/mol. The molecule has 6 heteroatoms. The van der Waals surface area contributed by atoms with Crippen LogP contribution in [0.4, 0.5) is 0 Å². The van der Waals surface area contributed by atoms with Crippen molar-refractivity contribution in [2.24, 2.45) is 0 Å². The van der Waals surface area contributed by atoms with Gasteiger partial charge in [-0.1, -0.05) is 12.2 Å². The van der Waals surface area contributed by atoms with Crippen LogP contribution in [0.2, 0.25) is 10.5 Å². The van der Waals surface area contributed by atoms with Gasteiger partial charge in [0, 0.05) is 0 Å². The van der Waals surface area contributed by atoms with Crippen LogP contribution in [0.3, 0.4) is 0 Å². The van der Waals surface area contributed by atoms with Gasteiger partial charge in [-0.3, -0.25) is 0 Å². The molecule has 72 valence electrons. The second kappa shape index (κ2) is 10.6. The van der Waals surface area contributed by atoms with E-state index in [1.165, 1.54) is 19.3 Å². The van der Waals surface area contributed by atoms with Crippen molar-refractivity contribution in [3.8, 4) is 0 Å². The molecule has 0 fully saturated rings. The molecule has 0 radical (unpaired) electrons. The first-order valence-corrected chi connectivity index (χ1v) is 13.1. The van der Waals surface area contributed by atoms with Gasteiger partial charge in [-0.05, 0) is 11.8 Å². The standard InChI is InChI=1S/C5H11.CH3.H3O2PS2.Zn/c1-3-5-4-2;;1-3(2,4)5;/h1,3-5H2,2H3;1H3;(H3,1,2,4,5);. The van der Waals surface area contributed by atoms with E-state index in [9.17, 15) is 0 Å². The normalized spacial score (nSPS) is 9.75. The second-order valence-electron chi connectivity index (χ2n) is 2.57. The minimum atomic E-state index is -3.11. The van der Waals surface area contributed by atoms with Crippen molar-refractivity contribution in [2.45, 2.75) is 36.7 Å². The Balaban J connectivity index is 0. The van der Waals surface area contributed by atoms with Crippen LogP contribution in [0.1, 0.15) is 26.2 Å². The van der Waals surface area contributed by atoms with E-state index >= 15 is 0 Å². The van der Waals surface area contributed by atoms with Crippen molar-refractivity contribution in [3.63, 3.8) is 0 Å². The SMILES string of the molecule is CCCC[CH2][Zn][CH3].OP(O)(=S)S. The molecule has 0 aromatic heterocycles. The Hall–Kier alpha value is 1.54. The zero-order chi connectivity index (χ0) is 10.0. The van der Waals surface area contributed by atoms with E-state index in [2.05, 4.69) is 36.5 Å². The molecule has 0 atom stereocenters. The summed E-state index contributed by atoms with van der Waals surface area (Å²) >= 11 is 7.13. The van der Waals surface area contributed by atoms with Gasteiger partial charge < -0.3 is 9.79 Å². The number of rotatable bonds is 4. The van der Waals surface area contributed by atoms with Gasteiger partial charge in [0.2, 0.25) is 5.69 Å². The van der Waals surface area contributed by atoms with Crippen molar-refractivity contribution in [3.05, 3.63) is 0 Å². The molecule has 0 aromatic carbocycles. The van der Waals surface area contributed by atoms with Gasteiger partial charge in [-0.2, -0.15) is 0 Å². The first-order valence-electron chi connectivity index (χ1n) is 4.20. The second-order valence-corrected chi connectivity index (χ2v) is 11.2. The molecule has 0 aliphatic rings. The smallest absolute Gasteiger partial charge is 0.239 e. The van der Waals surface area contributed by atoms with Crippen molar-refractivity contribution in [1.82, 2.24) is 0 Å². The van der Waals surface area contributed by atoms with Crippen molar-refractivity contribution < 1.29 is 26.9 Å². The van der Waals surface area contributed by atoms with E-state index in [1.807, 2.05) is 0 Å². The topological polar surface area (TPSA) is 40.5 Å². The third-order valence-corrected chi connectivity index (χ3v) is 3.74. The molecule has 0 bridgehead atoms. The van der Waals surface area contributed by atoms with E-state index < -0.39 is 5.69 Å². The van der Waals surface area contributed by atoms with E-state index in [-0.39, 0.29) is 17.1 Å². The summed E-state index contributed by atoms with van der Waals surface area (Å²) in [6.07, 6.45) is 4.38. The summed E-state index contributed by atoms with van der Waals surface area (Å²) in [5, 5.41) is 1.61. The third kappa shape index (κ3) is 41.8. The van der Waals surface area contributed by atoms with Gasteiger partial charge in [0.25, 0.3) is 0 Å². The molecule has 0 amide bonds. The maximum Gasteiger partial charge on any atom is 0.239 e. The molecular weight excluding hydrogens is 265 g/mol. The predicted octanol–water partition coefficient (Wildman–Crippen LogP) is 2.85. The van der Waals surface area contributed by atoms with Gasteiger partial charge in [-0.25, -0.2) is 0 Å². The first-order chi connectivity index (χ1) is 5.41. The average molecular weight is 282 g/mol. The third-order valence-electron chi connectivity index (χ3n) is 1.21. The van der Waals surface area contributed by atoms with Crippen LogP contribution < -0.4 is 0 Å². The van der Waals surface area contributed by atoms with Crippen LogP contribution in [-0.2, 0) is 28.9 Å². The van der Waals surface area contributed by atoms with Crippen LogP contribution >= 0.6 is 17.9 Å². The summed E-state index contributed by atoms with van der Waals surface area (Å²) in [5.74, 6) is 0. The van der Waals surface area contributed by atoms with Crippen LogP contribution in [0.15, 0.2) is 0 Å². The maximum atomic E-state index is 7.87. The molecule has 12 heavy (non-hydrogen) atoms. The molecule has 0 aliphatic heterocycles. The largest absolute Gasteiger partial charge is 0.338 e. The molecule has 0 spiro atoms. The molecule has 0 saturated heterocycles. The quantitative estimate of drug-likeness (QED) is 0.321. The fourth-order valence-electron chi connectivity index (χ4n) is 0.677. The summed E-state index contributed by atoms with van der Waals surface area (Å²) in [6, 6.07) is 0. The van der Waals surface area contributed by atoms with Crippen molar-refractivity contribution >= 4 is 29.7 Å². The van der Waals surface area contributed by atoms with E-state index in [4.69, 9.17) is 9.79 Å². The average Bonchev–Trinajstić information content (AvgIpc) is 1.85. The van der Waals surface area contributed by atoms with Crippen molar-refractivity contribution in [2.75, 3.05) is 0 Å². The van der Waals surface area contributed by atoms with E-state index in [1.54, 1.807) is 5.02 Å². The van der Waals surface area contributed by atoms with Gasteiger partial charge in [0.1, 0.15) is 0 Å². The fourth-order valence-corrected chi connectivity index (χ4v) is 2.47. The number of hydrogen-bond donors (Lipinski definition) is 3. The van der Waals surface area contributed by atoms with Gasteiger partial charge in [-0.15, -0.1) is 0 Å².